The van der Waals surface area contributed by atoms with Crippen LogP contribution in [0.15, 0.2) is 12.1 Å². The summed E-state index contributed by atoms with van der Waals surface area (Å²) in [6.07, 6.45) is -0.287. The first-order chi connectivity index (χ1) is 8.91. The maximum Gasteiger partial charge on any atom is 0.356 e. The third-order valence-electron chi connectivity index (χ3n) is 2.88. The van der Waals surface area contributed by atoms with E-state index >= 15 is 0 Å². The van der Waals surface area contributed by atoms with Gasteiger partial charge >= 0.3 is 5.97 Å². The third-order valence-corrected chi connectivity index (χ3v) is 2.88. The molecule has 0 radical (unpaired) electrons. The van der Waals surface area contributed by atoms with Crippen LogP contribution in [0.1, 0.15) is 24.3 Å². The van der Waals surface area contributed by atoms with Gasteiger partial charge < -0.3 is 19.8 Å². The highest BCUT2D eigenvalue weighted by Gasteiger charge is 2.33. The molecule has 7 nitrogen and oxygen atoms in total. The van der Waals surface area contributed by atoms with E-state index in [2.05, 4.69) is 10.2 Å². The fourth-order valence-corrected chi connectivity index (χ4v) is 2.17. The minimum Gasteiger partial charge on any atom is -0.476 e. The van der Waals surface area contributed by atoms with E-state index in [1.807, 2.05) is 18.7 Å². The van der Waals surface area contributed by atoms with Crippen LogP contribution in [0.2, 0.25) is 0 Å². The molecule has 1 aromatic heterocycles. The zero-order chi connectivity index (χ0) is 14.0. The smallest absolute Gasteiger partial charge is 0.356 e. The van der Waals surface area contributed by atoms with Crippen LogP contribution in [0, 0.1) is 0 Å². The number of anilines is 1. The Morgan fingerprint density at radius 3 is 2.79 bits per heavy atom. The van der Waals surface area contributed by atoms with E-state index in [0.717, 1.165) is 0 Å². The van der Waals surface area contributed by atoms with Gasteiger partial charge in [-0.15, -0.1) is 10.2 Å². The van der Waals surface area contributed by atoms with Gasteiger partial charge in [0.05, 0.1) is 18.3 Å². The molecule has 7 heteroatoms. The van der Waals surface area contributed by atoms with E-state index in [0.29, 0.717) is 18.9 Å². The van der Waals surface area contributed by atoms with E-state index in [1.54, 1.807) is 6.07 Å². The molecule has 1 atom stereocenters. The predicted molar refractivity (Wildman–Crippen MR) is 67.2 cm³/mol. The number of morpholine rings is 1. The number of aromatic nitrogens is 2. The number of ether oxygens (including phenoxy) is 1. The van der Waals surface area contributed by atoms with Crippen molar-refractivity contribution in [3.63, 3.8) is 0 Å². The molecule has 19 heavy (non-hydrogen) atoms. The van der Waals surface area contributed by atoms with Gasteiger partial charge in [0, 0.05) is 13.1 Å². The molecule has 0 aromatic carbocycles. The van der Waals surface area contributed by atoms with Crippen molar-refractivity contribution in [2.24, 2.45) is 0 Å². The topological polar surface area (TPSA) is 95.8 Å². The summed E-state index contributed by atoms with van der Waals surface area (Å²) in [7, 11) is 0. The molecule has 2 N–H and O–H groups in total. The quantitative estimate of drug-likeness (QED) is 0.804. The number of hydrogen-bond acceptors (Lipinski definition) is 6. The van der Waals surface area contributed by atoms with Crippen LogP contribution in [0.4, 0.5) is 5.82 Å². The lowest BCUT2D eigenvalue weighted by Gasteiger charge is -2.42. The minimum absolute atomic E-state index is 0.0689. The molecule has 1 saturated heterocycles. The highest BCUT2D eigenvalue weighted by molar-refractivity contribution is 5.85. The van der Waals surface area contributed by atoms with Crippen LogP contribution >= 0.6 is 0 Å². The lowest BCUT2D eigenvalue weighted by atomic mass is 10.1. The first-order valence-corrected chi connectivity index (χ1v) is 6.02. The highest BCUT2D eigenvalue weighted by Crippen LogP contribution is 2.24. The van der Waals surface area contributed by atoms with Crippen LogP contribution in [0.5, 0.6) is 0 Å². The monoisotopic (exact) mass is 267 g/mol. The van der Waals surface area contributed by atoms with Crippen LogP contribution in [0.3, 0.4) is 0 Å². The average molecular weight is 267 g/mol. The second-order valence-electron chi connectivity index (χ2n) is 5.14. The number of aromatic carboxylic acids is 1. The molecule has 2 heterocycles. The van der Waals surface area contributed by atoms with E-state index in [1.165, 1.54) is 6.07 Å². The molecule has 0 amide bonds. The predicted octanol–water partition coefficient (Wildman–Crippen LogP) is 0.151. The van der Waals surface area contributed by atoms with Crippen LogP contribution in [0.25, 0.3) is 0 Å². The summed E-state index contributed by atoms with van der Waals surface area (Å²) >= 11 is 0. The second-order valence-corrected chi connectivity index (χ2v) is 5.14. The Morgan fingerprint density at radius 1 is 1.53 bits per heavy atom. The number of carboxylic acids is 1. The molecule has 0 spiro atoms. The zero-order valence-corrected chi connectivity index (χ0v) is 10.9. The SMILES string of the molecule is CC1(C)CN(c2ccc(C(=O)O)nn2)CC(CO)O1. The zero-order valence-electron chi connectivity index (χ0n) is 10.9. The number of carbonyl (C=O) groups is 1. The summed E-state index contributed by atoms with van der Waals surface area (Å²) in [4.78, 5) is 12.7. The number of carboxylic acid groups (broad SMARTS) is 1. The number of aliphatic hydroxyl groups is 1. The Balaban J connectivity index is 2.18. The average Bonchev–Trinajstić information content (AvgIpc) is 2.37. The van der Waals surface area contributed by atoms with Gasteiger partial charge in [0.25, 0.3) is 0 Å². The molecule has 1 aliphatic heterocycles. The van der Waals surface area contributed by atoms with Gasteiger partial charge in [0.2, 0.25) is 0 Å². The summed E-state index contributed by atoms with van der Waals surface area (Å²) in [5.74, 6) is -0.519. The first-order valence-electron chi connectivity index (χ1n) is 6.02. The van der Waals surface area contributed by atoms with Gasteiger partial charge in [0.15, 0.2) is 11.5 Å². The Labute approximate surface area is 110 Å². The van der Waals surface area contributed by atoms with Crippen molar-refractivity contribution < 1.29 is 19.7 Å². The molecule has 0 bridgehead atoms. The van der Waals surface area contributed by atoms with Gasteiger partial charge in [0.1, 0.15) is 0 Å². The van der Waals surface area contributed by atoms with E-state index < -0.39 is 11.6 Å². The highest BCUT2D eigenvalue weighted by atomic mass is 16.5. The second kappa shape index (κ2) is 5.10. The fourth-order valence-electron chi connectivity index (χ4n) is 2.17. The van der Waals surface area contributed by atoms with Crippen molar-refractivity contribution in [3.8, 4) is 0 Å². The lowest BCUT2D eigenvalue weighted by Crippen LogP contribution is -2.54. The molecule has 1 unspecified atom stereocenters. The van der Waals surface area contributed by atoms with Crippen molar-refractivity contribution in [3.05, 3.63) is 17.8 Å². The van der Waals surface area contributed by atoms with Crippen molar-refractivity contribution in [2.45, 2.75) is 25.6 Å². The van der Waals surface area contributed by atoms with E-state index in [9.17, 15) is 9.90 Å². The maximum absolute atomic E-state index is 10.7. The number of nitrogens with zero attached hydrogens (tertiary/aromatic N) is 3. The van der Waals surface area contributed by atoms with E-state index in [4.69, 9.17) is 9.84 Å². The van der Waals surface area contributed by atoms with Gasteiger partial charge in [-0.1, -0.05) is 0 Å². The molecule has 1 aromatic rings. The fraction of sp³-hybridized carbons (Fsp3) is 0.583. The molecular weight excluding hydrogens is 250 g/mol. The van der Waals surface area contributed by atoms with Crippen LogP contribution < -0.4 is 4.90 Å². The molecule has 104 valence electrons. The van der Waals surface area contributed by atoms with Crippen molar-refractivity contribution in [1.29, 1.82) is 0 Å². The summed E-state index contributed by atoms with van der Waals surface area (Å²) in [5, 5.41) is 25.6. The summed E-state index contributed by atoms with van der Waals surface area (Å²) < 4.78 is 5.70. The Bertz CT molecular complexity index is 461. The standard InChI is InChI=1S/C12H17N3O4/c1-12(2)7-15(5-8(6-16)19-12)10-4-3-9(11(17)18)13-14-10/h3-4,8,16H,5-7H2,1-2H3,(H,17,18). The molecule has 1 fully saturated rings. The summed E-state index contributed by atoms with van der Waals surface area (Å²) in [6, 6.07) is 3.04. The van der Waals surface area contributed by atoms with Crippen molar-refractivity contribution in [2.75, 3.05) is 24.6 Å². The van der Waals surface area contributed by atoms with Gasteiger partial charge in [-0.2, -0.15) is 0 Å². The molecule has 2 rings (SSSR count). The maximum atomic E-state index is 10.7. The molecule has 0 saturated carbocycles. The van der Waals surface area contributed by atoms with Crippen LogP contribution in [-0.4, -0.2) is 57.8 Å². The Hall–Kier alpha value is -1.73. The summed E-state index contributed by atoms with van der Waals surface area (Å²) in [6.45, 7) is 4.90. The van der Waals surface area contributed by atoms with Gasteiger partial charge in [-0.05, 0) is 26.0 Å². The van der Waals surface area contributed by atoms with Gasteiger partial charge in [-0.3, -0.25) is 0 Å². The minimum atomic E-state index is -1.10. The lowest BCUT2D eigenvalue weighted by molar-refractivity contribution is -0.101. The Kier molecular flexibility index (Phi) is 3.68. The first kappa shape index (κ1) is 13.7. The third kappa shape index (κ3) is 3.18. The number of aliphatic hydroxyl groups excluding tert-OH is 1. The molecule has 0 aliphatic carbocycles. The van der Waals surface area contributed by atoms with Crippen molar-refractivity contribution >= 4 is 11.8 Å². The number of rotatable bonds is 3. The van der Waals surface area contributed by atoms with E-state index in [-0.39, 0.29) is 18.4 Å². The molecular formula is C12H17N3O4. The van der Waals surface area contributed by atoms with Crippen LogP contribution in [-0.2, 0) is 4.74 Å². The van der Waals surface area contributed by atoms with Gasteiger partial charge in [-0.25, -0.2) is 4.79 Å². The normalized spacial score (nSPS) is 22.3. The molecule has 1 aliphatic rings. The summed E-state index contributed by atoms with van der Waals surface area (Å²) in [5.41, 5.74) is -0.492. The number of hydrogen-bond donors (Lipinski definition) is 2. The largest absolute Gasteiger partial charge is 0.476 e. The van der Waals surface area contributed by atoms with Crippen molar-refractivity contribution in [1.82, 2.24) is 10.2 Å². The Morgan fingerprint density at radius 2 is 2.26 bits per heavy atom.